The summed E-state index contributed by atoms with van der Waals surface area (Å²) in [7, 11) is 0. The van der Waals surface area contributed by atoms with E-state index in [9.17, 15) is 4.79 Å². The van der Waals surface area contributed by atoms with Gasteiger partial charge in [-0.15, -0.1) is 0 Å². The molecule has 5 nitrogen and oxygen atoms in total. The summed E-state index contributed by atoms with van der Waals surface area (Å²) >= 11 is 1.67. The highest BCUT2D eigenvalue weighted by atomic mass is 32.2. The van der Waals surface area contributed by atoms with Gasteiger partial charge in [0.25, 0.3) is 0 Å². The van der Waals surface area contributed by atoms with Crippen molar-refractivity contribution in [2.75, 3.05) is 17.6 Å². The van der Waals surface area contributed by atoms with E-state index in [0.29, 0.717) is 12.5 Å². The van der Waals surface area contributed by atoms with E-state index in [1.54, 1.807) is 11.8 Å². The predicted molar refractivity (Wildman–Crippen MR) is 152 cm³/mol. The first-order valence-electron chi connectivity index (χ1n) is 12.6. The highest BCUT2D eigenvalue weighted by Crippen LogP contribution is 2.36. The van der Waals surface area contributed by atoms with Gasteiger partial charge in [-0.3, -0.25) is 0 Å². The largest absolute Gasteiger partial charge is 0.337 e. The average Bonchev–Trinajstić information content (AvgIpc) is 3.26. The van der Waals surface area contributed by atoms with Crippen LogP contribution in [0.4, 0.5) is 10.5 Å². The van der Waals surface area contributed by atoms with Crippen molar-refractivity contribution in [1.29, 1.82) is 0 Å². The Hall–Kier alpha value is -3.51. The van der Waals surface area contributed by atoms with Crippen molar-refractivity contribution in [2.24, 2.45) is 0 Å². The summed E-state index contributed by atoms with van der Waals surface area (Å²) in [5, 5.41) is 6.85. The molecule has 0 unspecified atom stereocenters. The number of urea groups is 1. The third-order valence-electron chi connectivity index (χ3n) is 5.93. The number of nitrogens with zero attached hydrogens (tertiary/aromatic N) is 2. The van der Waals surface area contributed by atoms with Gasteiger partial charge in [-0.1, -0.05) is 105 Å². The number of rotatable bonds is 10. The molecule has 1 heterocycles. The maximum absolute atomic E-state index is 12.4. The standard InChI is InChI=1S/C30H34N4OS/c1-4-20-34-28(25-13-9-6-10-14-25)27(24-11-7-5-8-12-24)33-30(34)36-21-19-31-29(35)32-26-17-15-23(16-18-26)22(2)3/h5-18,22H,4,19-21H2,1-3H3,(H2,31,32,35). The quantitative estimate of drug-likeness (QED) is 0.174. The lowest BCUT2D eigenvalue weighted by Crippen LogP contribution is -2.30. The fourth-order valence-electron chi connectivity index (χ4n) is 4.09. The van der Waals surface area contributed by atoms with Crippen LogP contribution >= 0.6 is 11.8 Å². The lowest BCUT2D eigenvalue weighted by molar-refractivity contribution is 0.252. The van der Waals surface area contributed by atoms with Gasteiger partial charge in [0.15, 0.2) is 5.16 Å². The summed E-state index contributed by atoms with van der Waals surface area (Å²) in [4.78, 5) is 17.5. The van der Waals surface area contributed by atoms with Crippen molar-refractivity contribution in [2.45, 2.75) is 44.8 Å². The van der Waals surface area contributed by atoms with Crippen LogP contribution in [0, 0.1) is 0 Å². The molecule has 0 bridgehead atoms. The lowest BCUT2D eigenvalue weighted by atomic mass is 10.0. The van der Waals surface area contributed by atoms with E-state index < -0.39 is 0 Å². The maximum Gasteiger partial charge on any atom is 0.319 e. The molecule has 36 heavy (non-hydrogen) atoms. The minimum Gasteiger partial charge on any atom is -0.337 e. The van der Waals surface area contributed by atoms with Gasteiger partial charge in [0.2, 0.25) is 0 Å². The fraction of sp³-hybridized carbons (Fsp3) is 0.267. The zero-order valence-electron chi connectivity index (χ0n) is 21.2. The van der Waals surface area contributed by atoms with Crippen molar-refractivity contribution in [3.8, 4) is 22.5 Å². The van der Waals surface area contributed by atoms with E-state index >= 15 is 0 Å². The number of nitrogens with one attached hydrogen (secondary N) is 2. The van der Waals surface area contributed by atoms with Gasteiger partial charge < -0.3 is 15.2 Å². The maximum atomic E-state index is 12.4. The molecule has 2 amide bonds. The molecule has 0 fully saturated rings. The third kappa shape index (κ3) is 6.38. The van der Waals surface area contributed by atoms with Crippen molar-refractivity contribution in [3.63, 3.8) is 0 Å². The van der Waals surface area contributed by atoms with E-state index in [4.69, 9.17) is 4.98 Å². The minimum atomic E-state index is -0.195. The first-order chi connectivity index (χ1) is 17.6. The van der Waals surface area contributed by atoms with Crippen molar-refractivity contribution < 1.29 is 4.79 Å². The van der Waals surface area contributed by atoms with Gasteiger partial charge in [0, 0.05) is 35.7 Å². The number of anilines is 1. The van der Waals surface area contributed by atoms with Crippen molar-refractivity contribution >= 4 is 23.5 Å². The van der Waals surface area contributed by atoms with E-state index in [1.807, 2.05) is 24.3 Å². The Morgan fingerprint density at radius 1 is 0.917 bits per heavy atom. The number of carbonyl (C=O) groups excluding carboxylic acids is 1. The van der Waals surface area contributed by atoms with Gasteiger partial charge in [-0.05, 0) is 30.0 Å². The number of amides is 2. The van der Waals surface area contributed by atoms with Gasteiger partial charge in [-0.25, -0.2) is 9.78 Å². The molecule has 0 aliphatic heterocycles. The molecule has 0 atom stereocenters. The third-order valence-corrected chi connectivity index (χ3v) is 6.91. The number of hydrogen-bond donors (Lipinski definition) is 2. The molecule has 4 aromatic rings. The highest BCUT2D eigenvalue weighted by Gasteiger charge is 2.20. The number of benzene rings is 3. The Balaban J connectivity index is 1.45. The van der Waals surface area contributed by atoms with Gasteiger partial charge >= 0.3 is 6.03 Å². The van der Waals surface area contributed by atoms with E-state index in [2.05, 4.69) is 96.6 Å². The predicted octanol–water partition coefficient (Wildman–Crippen LogP) is 7.66. The van der Waals surface area contributed by atoms with Crippen LogP contribution in [0.5, 0.6) is 0 Å². The fourth-order valence-corrected chi connectivity index (χ4v) is 4.97. The average molecular weight is 499 g/mol. The molecule has 6 heteroatoms. The van der Waals surface area contributed by atoms with Crippen LogP contribution < -0.4 is 10.6 Å². The highest BCUT2D eigenvalue weighted by molar-refractivity contribution is 7.99. The smallest absolute Gasteiger partial charge is 0.319 e. The molecule has 186 valence electrons. The van der Waals surface area contributed by atoms with Gasteiger partial charge in [-0.2, -0.15) is 0 Å². The molecule has 0 saturated carbocycles. The van der Waals surface area contributed by atoms with Crippen molar-refractivity contribution in [1.82, 2.24) is 14.9 Å². The van der Waals surface area contributed by atoms with E-state index in [0.717, 1.165) is 52.1 Å². The molecular weight excluding hydrogens is 464 g/mol. The summed E-state index contributed by atoms with van der Waals surface area (Å²) in [6.07, 6.45) is 1.01. The summed E-state index contributed by atoms with van der Waals surface area (Å²) in [6, 6.07) is 28.6. The molecule has 2 N–H and O–H groups in total. The lowest BCUT2D eigenvalue weighted by Gasteiger charge is -2.12. The first kappa shape index (κ1) is 25.6. The number of imidazole rings is 1. The summed E-state index contributed by atoms with van der Waals surface area (Å²) in [5.74, 6) is 1.19. The van der Waals surface area contributed by atoms with Gasteiger partial charge in [0.1, 0.15) is 0 Å². The Labute approximate surface area is 218 Å². The molecular formula is C30H34N4OS. The molecule has 0 radical (unpaired) electrons. The first-order valence-corrected chi connectivity index (χ1v) is 13.5. The van der Waals surface area contributed by atoms with Crippen LogP contribution in [0.1, 0.15) is 38.7 Å². The molecule has 0 aliphatic rings. The summed E-state index contributed by atoms with van der Waals surface area (Å²) in [6.45, 7) is 7.92. The molecule has 1 aromatic heterocycles. The summed E-state index contributed by atoms with van der Waals surface area (Å²) in [5.41, 5.74) is 6.45. The topological polar surface area (TPSA) is 59.0 Å². The van der Waals surface area contributed by atoms with Crippen LogP contribution in [0.3, 0.4) is 0 Å². The Bertz CT molecular complexity index is 1250. The van der Waals surface area contributed by atoms with E-state index in [-0.39, 0.29) is 6.03 Å². The number of carbonyl (C=O) groups is 1. The Kier molecular flexibility index (Phi) is 8.85. The summed E-state index contributed by atoms with van der Waals surface area (Å²) < 4.78 is 2.32. The number of aromatic nitrogens is 2. The molecule has 0 saturated heterocycles. The SMILES string of the molecule is CCCn1c(SCCNC(=O)Nc2ccc(C(C)C)cc2)nc(-c2ccccc2)c1-c1ccccc1. The van der Waals surface area contributed by atoms with Crippen LogP contribution in [0.25, 0.3) is 22.5 Å². The van der Waals surface area contributed by atoms with Crippen molar-refractivity contribution in [3.05, 3.63) is 90.5 Å². The monoisotopic (exact) mass is 498 g/mol. The molecule has 0 spiro atoms. The second-order valence-electron chi connectivity index (χ2n) is 8.98. The van der Waals surface area contributed by atoms with Crippen LogP contribution in [-0.4, -0.2) is 27.9 Å². The number of hydrogen-bond acceptors (Lipinski definition) is 3. The molecule has 0 aliphatic carbocycles. The van der Waals surface area contributed by atoms with Crippen LogP contribution in [0.15, 0.2) is 90.1 Å². The second kappa shape index (κ2) is 12.5. The van der Waals surface area contributed by atoms with Crippen LogP contribution in [0.2, 0.25) is 0 Å². The second-order valence-corrected chi connectivity index (χ2v) is 10.0. The normalized spacial score (nSPS) is 11.0. The van der Waals surface area contributed by atoms with Crippen LogP contribution in [-0.2, 0) is 6.54 Å². The molecule has 3 aromatic carbocycles. The molecule has 4 rings (SSSR count). The zero-order valence-corrected chi connectivity index (χ0v) is 22.0. The Morgan fingerprint density at radius 3 is 2.17 bits per heavy atom. The van der Waals surface area contributed by atoms with E-state index in [1.165, 1.54) is 5.56 Å². The zero-order chi connectivity index (χ0) is 25.3. The number of thioether (sulfide) groups is 1. The minimum absolute atomic E-state index is 0.195. The Morgan fingerprint density at radius 2 is 1.56 bits per heavy atom. The van der Waals surface area contributed by atoms with Gasteiger partial charge in [0.05, 0.1) is 11.4 Å².